The Balaban J connectivity index is 1.74. The van der Waals surface area contributed by atoms with Crippen LogP contribution in [-0.2, 0) is 0 Å². The van der Waals surface area contributed by atoms with E-state index in [2.05, 4.69) is 15.6 Å². The molecule has 1 amide bonds. The third-order valence-corrected chi connectivity index (χ3v) is 4.39. The predicted molar refractivity (Wildman–Crippen MR) is 101 cm³/mol. The zero-order valence-corrected chi connectivity index (χ0v) is 16.1. The van der Waals surface area contributed by atoms with E-state index in [1.54, 1.807) is 39.3 Å². The van der Waals surface area contributed by atoms with Gasteiger partial charge in [-0.25, -0.2) is 9.07 Å². The number of hydrogen-bond donors (Lipinski definition) is 1. The molecule has 0 spiro atoms. The molecule has 0 saturated carbocycles. The molecule has 0 unspecified atom stereocenters. The first-order valence-corrected chi connectivity index (χ1v) is 8.64. The fraction of sp³-hybridized carbons (Fsp3) is 0.250. The van der Waals surface area contributed by atoms with Gasteiger partial charge in [0, 0.05) is 0 Å². The van der Waals surface area contributed by atoms with Gasteiger partial charge in [-0.05, 0) is 55.3 Å². The second-order valence-corrected chi connectivity index (χ2v) is 6.29. The van der Waals surface area contributed by atoms with Crippen molar-refractivity contribution in [1.82, 2.24) is 20.3 Å². The maximum Gasteiger partial charge on any atom is 0.273 e. The third kappa shape index (κ3) is 3.95. The van der Waals surface area contributed by atoms with Crippen molar-refractivity contribution in [2.75, 3.05) is 14.2 Å². The van der Waals surface area contributed by atoms with Gasteiger partial charge in [-0.15, -0.1) is 5.10 Å². The minimum atomic E-state index is -0.368. The van der Waals surface area contributed by atoms with Gasteiger partial charge in [-0.1, -0.05) is 11.3 Å². The summed E-state index contributed by atoms with van der Waals surface area (Å²) in [4.78, 5) is 12.5. The normalized spacial score (nSPS) is 11.8. The van der Waals surface area contributed by atoms with Gasteiger partial charge >= 0.3 is 0 Å². The van der Waals surface area contributed by atoms with Crippen LogP contribution in [0.4, 0.5) is 4.39 Å². The Bertz CT molecular complexity index is 1000. The SMILES string of the molecule is COc1ccc([C@H](C)NC(=O)c2cn(-c3ccc(F)c(C)c3)nn2)cc1OC. The lowest BCUT2D eigenvalue weighted by Gasteiger charge is -2.15. The molecule has 0 aliphatic heterocycles. The summed E-state index contributed by atoms with van der Waals surface area (Å²) in [5.74, 6) is 0.527. The van der Waals surface area contributed by atoms with Gasteiger partial charge in [-0.3, -0.25) is 4.79 Å². The summed E-state index contributed by atoms with van der Waals surface area (Å²) < 4.78 is 25.4. The van der Waals surface area contributed by atoms with E-state index in [0.717, 1.165) is 5.56 Å². The first-order chi connectivity index (χ1) is 13.4. The van der Waals surface area contributed by atoms with Crippen LogP contribution in [0.1, 0.15) is 34.6 Å². The number of nitrogens with zero attached hydrogens (tertiary/aromatic N) is 3. The molecule has 0 saturated heterocycles. The Hall–Kier alpha value is -3.42. The molecule has 2 aromatic carbocycles. The number of ether oxygens (including phenoxy) is 2. The molecule has 0 aliphatic rings. The van der Waals surface area contributed by atoms with E-state index in [1.807, 2.05) is 19.1 Å². The van der Waals surface area contributed by atoms with E-state index in [1.165, 1.54) is 16.9 Å². The number of aryl methyl sites for hydroxylation is 1. The van der Waals surface area contributed by atoms with Crippen LogP contribution in [0.2, 0.25) is 0 Å². The van der Waals surface area contributed by atoms with Crippen LogP contribution in [0.15, 0.2) is 42.6 Å². The van der Waals surface area contributed by atoms with Crippen LogP contribution >= 0.6 is 0 Å². The number of aromatic nitrogens is 3. The molecule has 3 rings (SSSR count). The van der Waals surface area contributed by atoms with Crippen molar-refractivity contribution in [2.45, 2.75) is 19.9 Å². The molecule has 28 heavy (non-hydrogen) atoms. The number of halogens is 1. The highest BCUT2D eigenvalue weighted by molar-refractivity contribution is 5.92. The molecule has 1 atom stereocenters. The minimum absolute atomic E-state index is 0.161. The Kier molecular flexibility index (Phi) is 5.58. The third-order valence-electron chi connectivity index (χ3n) is 4.39. The van der Waals surface area contributed by atoms with E-state index >= 15 is 0 Å². The minimum Gasteiger partial charge on any atom is -0.493 e. The number of methoxy groups -OCH3 is 2. The lowest BCUT2D eigenvalue weighted by Crippen LogP contribution is -2.27. The zero-order valence-electron chi connectivity index (χ0n) is 16.1. The summed E-state index contributed by atoms with van der Waals surface area (Å²) in [5.41, 5.74) is 2.13. The molecule has 1 N–H and O–H groups in total. The standard InChI is InChI=1S/C20H21FN4O3/c1-12-9-15(6-7-16(12)21)25-11-17(23-24-25)20(26)22-13(2)14-5-8-18(27-3)19(10-14)28-4/h5-11,13H,1-4H3,(H,22,26)/t13-/m0/s1. The average Bonchev–Trinajstić information content (AvgIpc) is 3.19. The van der Waals surface area contributed by atoms with Gasteiger partial charge in [-0.2, -0.15) is 0 Å². The average molecular weight is 384 g/mol. The lowest BCUT2D eigenvalue weighted by atomic mass is 10.1. The Morgan fingerprint density at radius 1 is 1.14 bits per heavy atom. The quantitative estimate of drug-likeness (QED) is 0.706. The van der Waals surface area contributed by atoms with E-state index in [-0.39, 0.29) is 23.5 Å². The van der Waals surface area contributed by atoms with Crippen LogP contribution in [0.25, 0.3) is 5.69 Å². The number of nitrogens with one attached hydrogen (secondary N) is 1. The molecule has 7 nitrogen and oxygen atoms in total. The van der Waals surface area contributed by atoms with Crippen LogP contribution in [0.3, 0.4) is 0 Å². The summed E-state index contributed by atoms with van der Waals surface area (Å²) >= 11 is 0. The largest absolute Gasteiger partial charge is 0.493 e. The lowest BCUT2D eigenvalue weighted by molar-refractivity contribution is 0.0934. The van der Waals surface area contributed by atoms with Crippen LogP contribution in [-0.4, -0.2) is 35.1 Å². The molecule has 8 heteroatoms. The Morgan fingerprint density at radius 2 is 1.89 bits per heavy atom. The van der Waals surface area contributed by atoms with Gasteiger partial charge in [0.1, 0.15) is 5.82 Å². The smallest absolute Gasteiger partial charge is 0.273 e. The molecular formula is C20H21FN4O3. The summed E-state index contributed by atoms with van der Waals surface area (Å²) in [6, 6.07) is 9.72. The number of benzene rings is 2. The summed E-state index contributed by atoms with van der Waals surface area (Å²) in [5, 5.41) is 10.7. The van der Waals surface area contributed by atoms with Gasteiger partial charge in [0.25, 0.3) is 5.91 Å². The Labute approximate surface area is 162 Å². The monoisotopic (exact) mass is 384 g/mol. The van der Waals surface area contributed by atoms with E-state index in [0.29, 0.717) is 22.7 Å². The zero-order chi connectivity index (χ0) is 20.3. The van der Waals surface area contributed by atoms with Crippen molar-refractivity contribution in [1.29, 1.82) is 0 Å². The van der Waals surface area contributed by atoms with Crippen molar-refractivity contribution in [2.24, 2.45) is 0 Å². The molecule has 0 bridgehead atoms. The molecule has 0 radical (unpaired) electrons. The molecular weight excluding hydrogens is 363 g/mol. The highest BCUT2D eigenvalue weighted by Crippen LogP contribution is 2.29. The predicted octanol–water partition coefficient (Wildman–Crippen LogP) is 3.22. The highest BCUT2D eigenvalue weighted by atomic mass is 19.1. The number of carbonyl (C=O) groups is 1. The van der Waals surface area contributed by atoms with Crippen LogP contribution in [0, 0.1) is 12.7 Å². The summed E-state index contributed by atoms with van der Waals surface area (Å²) in [7, 11) is 3.12. The second kappa shape index (κ2) is 8.08. The van der Waals surface area contributed by atoms with E-state index in [9.17, 15) is 9.18 Å². The topological polar surface area (TPSA) is 78.3 Å². The van der Waals surface area contributed by atoms with Gasteiger partial charge in [0.05, 0.1) is 32.1 Å². The fourth-order valence-corrected chi connectivity index (χ4v) is 2.74. The van der Waals surface area contributed by atoms with Crippen molar-refractivity contribution < 1.29 is 18.7 Å². The number of hydrogen-bond acceptors (Lipinski definition) is 5. The van der Waals surface area contributed by atoms with Crippen molar-refractivity contribution in [3.8, 4) is 17.2 Å². The van der Waals surface area contributed by atoms with Gasteiger partial charge in [0.2, 0.25) is 0 Å². The fourth-order valence-electron chi connectivity index (χ4n) is 2.74. The first kappa shape index (κ1) is 19.3. The van der Waals surface area contributed by atoms with Gasteiger partial charge in [0.15, 0.2) is 17.2 Å². The maximum atomic E-state index is 13.4. The molecule has 1 heterocycles. The molecule has 146 valence electrons. The number of carbonyl (C=O) groups excluding carboxylic acids is 1. The molecule has 0 aliphatic carbocycles. The van der Waals surface area contributed by atoms with Crippen molar-refractivity contribution >= 4 is 5.91 Å². The summed E-state index contributed by atoms with van der Waals surface area (Å²) in [6.45, 7) is 3.51. The highest BCUT2D eigenvalue weighted by Gasteiger charge is 2.17. The van der Waals surface area contributed by atoms with Gasteiger partial charge < -0.3 is 14.8 Å². The van der Waals surface area contributed by atoms with E-state index < -0.39 is 0 Å². The first-order valence-electron chi connectivity index (χ1n) is 8.64. The number of rotatable bonds is 6. The van der Waals surface area contributed by atoms with Crippen LogP contribution in [0.5, 0.6) is 11.5 Å². The second-order valence-electron chi connectivity index (χ2n) is 6.29. The number of amides is 1. The van der Waals surface area contributed by atoms with Crippen molar-refractivity contribution in [3.05, 3.63) is 65.2 Å². The van der Waals surface area contributed by atoms with Crippen LogP contribution < -0.4 is 14.8 Å². The molecule has 0 fully saturated rings. The van der Waals surface area contributed by atoms with Crippen molar-refractivity contribution in [3.63, 3.8) is 0 Å². The maximum absolute atomic E-state index is 13.4. The molecule has 1 aromatic heterocycles. The summed E-state index contributed by atoms with van der Waals surface area (Å²) in [6.07, 6.45) is 1.50. The van der Waals surface area contributed by atoms with E-state index in [4.69, 9.17) is 9.47 Å². The molecule has 3 aromatic rings. The Morgan fingerprint density at radius 3 is 2.57 bits per heavy atom.